The van der Waals surface area contributed by atoms with Gasteiger partial charge in [0.05, 0.1) is 30.8 Å². The molecule has 1 aromatic carbocycles. The molecule has 0 aliphatic rings. The van der Waals surface area contributed by atoms with Crippen LogP contribution in [0.2, 0.25) is 0 Å². The quantitative estimate of drug-likeness (QED) is 0.674. The normalized spacial score (nSPS) is 13.8. The van der Waals surface area contributed by atoms with Crippen LogP contribution in [0, 0.1) is 0 Å². The Morgan fingerprint density at radius 3 is 1.91 bits per heavy atom. The van der Waals surface area contributed by atoms with Crippen LogP contribution in [-0.4, -0.2) is 30.2 Å². The summed E-state index contributed by atoms with van der Waals surface area (Å²) in [4.78, 5) is 16.0. The number of halogens is 6. The summed E-state index contributed by atoms with van der Waals surface area (Å²) in [6.07, 6.45) is -12.6. The summed E-state index contributed by atoms with van der Waals surface area (Å²) in [5.41, 5.74) is -3.78. The molecule has 0 bridgehead atoms. The lowest BCUT2D eigenvalue weighted by molar-refractivity contribution is -0.170. The standard InChI is InChI=1S/C13H13F6NO3/c1-20(23-2)11(22)6-10(21)7-3-8(12(14,15)16)5-9(4-7)13(17,18)19/h3-5,10,21H,6H2,1-2H3. The maximum absolute atomic E-state index is 12.7. The van der Waals surface area contributed by atoms with Crippen LogP contribution in [0.25, 0.3) is 0 Å². The molecule has 0 heterocycles. The van der Waals surface area contributed by atoms with Crippen LogP contribution in [0.4, 0.5) is 26.3 Å². The van der Waals surface area contributed by atoms with Crippen LogP contribution in [0.5, 0.6) is 0 Å². The molecule has 0 radical (unpaired) electrons. The van der Waals surface area contributed by atoms with E-state index in [2.05, 4.69) is 4.84 Å². The fourth-order valence-corrected chi connectivity index (χ4v) is 1.68. The van der Waals surface area contributed by atoms with Crippen LogP contribution in [-0.2, 0) is 22.0 Å². The Kier molecular flexibility index (Phi) is 5.65. The lowest BCUT2D eigenvalue weighted by atomic mass is 9.99. The van der Waals surface area contributed by atoms with Crippen molar-refractivity contribution in [2.75, 3.05) is 14.2 Å². The number of nitrogens with zero attached hydrogens (tertiary/aromatic N) is 1. The third kappa shape index (κ3) is 5.10. The average Bonchev–Trinajstić information content (AvgIpc) is 2.43. The molecule has 10 heteroatoms. The fraction of sp³-hybridized carbons (Fsp3) is 0.462. The van der Waals surface area contributed by atoms with Crippen molar-refractivity contribution in [2.24, 2.45) is 0 Å². The highest BCUT2D eigenvalue weighted by Crippen LogP contribution is 2.37. The van der Waals surface area contributed by atoms with Gasteiger partial charge in [0.25, 0.3) is 0 Å². The Hall–Kier alpha value is -1.81. The minimum absolute atomic E-state index is 0.0562. The van der Waals surface area contributed by atoms with Gasteiger partial charge in [-0.3, -0.25) is 9.63 Å². The number of carbonyl (C=O) groups is 1. The second-order valence-corrected chi connectivity index (χ2v) is 4.63. The van der Waals surface area contributed by atoms with Crippen LogP contribution >= 0.6 is 0 Å². The largest absolute Gasteiger partial charge is 0.416 e. The highest BCUT2D eigenvalue weighted by Gasteiger charge is 2.37. The zero-order valence-electron chi connectivity index (χ0n) is 12.0. The van der Waals surface area contributed by atoms with E-state index < -0.39 is 47.5 Å². The number of aliphatic hydroxyl groups is 1. The third-order valence-electron chi connectivity index (χ3n) is 2.99. The van der Waals surface area contributed by atoms with E-state index in [-0.39, 0.29) is 6.07 Å². The van der Waals surface area contributed by atoms with Crippen molar-refractivity contribution in [3.05, 3.63) is 34.9 Å². The summed E-state index contributed by atoms with van der Waals surface area (Å²) in [5, 5.41) is 10.5. The Morgan fingerprint density at radius 2 is 1.57 bits per heavy atom. The van der Waals surface area contributed by atoms with E-state index in [1.807, 2.05) is 0 Å². The maximum Gasteiger partial charge on any atom is 0.416 e. The molecule has 1 rings (SSSR count). The maximum atomic E-state index is 12.7. The molecule has 1 aromatic rings. The van der Waals surface area contributed by atoms with Crippen LogP contribution in [0.1, 0.15) is 29.2 Å². The summed E-state index contributed by atoms with van der Waals surface area (Å²) < 4.78 is 76.2. The van der Waals surface area contributed by atoms with Gasteiger partial charge in [0.15, 0.2) is 0 Å². The first-order valence-corrected chi connectivity index (χ1v) is 6.14. The monoisotopic (exact) mass is 345 g/mol. The SMILES string of the molecule is CON(C)C(=O)CC(O)c1cc(C(F)(F)F)cc(C(F)(F)F)c1. The smallest absolute Gasteiger partial charge is 0.388 e. The van der Waals surface area contributed by atoms with Crippen LogP contribution < -0.4 is 0 Å². The highest BCUT2D eigenvalue weighted by atomic mass is 19.4. The lowest BCUT2D eigenvalue weighted by Crippen LogP contribution is -2.27. The zero-order valence-corrected chi connectivity index (χ0v) is 12.0. The van der Waals surface area contributed by atoms with Gasteiger partial charge in [0.1, 0.15) is 0 Å². The van der Waals surface area contributed by atoms with Crippen molar-refractivity contribution in [1.29, 1.82) is 0 Å². The van der Waals surface area contributed by atoms with E-state index in [9.17, 15) is 36.2 Å². The number of hydroxylamine groups is 2. The molecule has 0 saturated heterocycles. The summed E-state index contributed by atoms with van der Waals surface area (Å²) in [6, 6.07) is 0.694. The van der Waals surface area contributed by atoms with Crippen LogP contribution in [0.3, 0.4) is 0 Å². The number of amides is 1. The Balaban J connectivity index is 3.22. The third-order valence-corrected chi connectivity index (χ3v) is 2.99. The number of alkyl halides is 6. The molecule has 130 valence electrons. The highest BCUT2D eigenvalue weighted by molar-refractivity contribution is 5.75. The van der Waals surface area contributed by atoms with Gasteiger partial charge in [-0.2, -0.15) is 26.3 Å². The van der Waals surface area contributed by atoms with E-state index in [0.29, 0.717) is 17.2 Å². The Bertz CT molecular complexity index is 538. The van der Waals surface area contributed by atoms with Crippen molar-refractivity contribution in [3.63, 3.8) is 0 Å². The number of aliphatic hydroxyl groups excluding tert-OH is 1. The van der Waals surface area contributed by atoms with Crippen molar-refractivity contribution < 1.29 is 41.1 Å². The Labute approximate surface area is 127 Å². The number of carbonyl (C=O) groups excluding carboxylic acids is 1. The first kappa shape index (κ1) is 19.2. The summed E-state index contributed by atoms with van der Waals surface area (Å²) in [7, 11) is 2.32. The summed E-state index contributed by atoms with van der Waals surface area (Å²) >= 11 is 0. The van der Waals surface area contributed by atoms with Crippen molar-refractivity contribution in [2.45, 2.75) is 24.9 Å². The molecule has 0 spiro atoms. The zero-order chi connectivity index (χ0) is 18.0. The predicted octanol–water partition coefficient (Wildman–Crippen LogP) is 3.17. The molecule has 1 unspecified atom stereocenters. The molecular formula is C13H13F6NO3. The second-order valence-electron chi connectivity index (χ2n) is 4.63. The van der Waals surface area contributed by atoms with Gasteiger partial charge in [-0.25, -0.2) is 5.06 Å². The number of hydrogen-bond donors (Lipinski definition) is 1. The first-order valence-electron chi connectivity index (χ1n) is 6.14. The Morgan fingerprint density at radius 1 is 1.13 bits per heavy atom. The molecule has 0 saturated carbocycles. The van der Waals surface area contributed by atoms with Crippen molar-refractivity contribution in [1.82, 2.24) is 5.06 Å². The summed E-state index contributed by atoms with van der Waals surface area (Å²) in [6.45, 7) is 0. The van der Waals surface area contributed by atoms with Crippen molar-refractivity contribution >= 4 is 5.91 Å². The fourth-order valence-electron chi connectivity index (χ4n) is 1.68. The van der Waals surface area contributed by atoms with E-state index in [0.717, 1.165) is 7.11 Å². The van der Waals surface area contributed by atoms with E-state index in [4.69, 9.17) is 0 Å². The second kappa shape index (κ2) is 6.75. The van der Waals surface area contributed by atoms with Gasteiger partial charge in [-0.15, -0.1) is 0 Å². The molecule has 0 fully saturated rings. The number of hydrogen-bond acceptors (Lipinski definition) is 3. The summed E-state index contributed by atoms with van der Waals surface area (Å²) in [5.74, 6) is -0.814. The topological polar surface area (TPSA) is 49.8 Å². The average molecular weight is 345 g/mol. The number of rotatable bonds is 4. The van der Waals surface area contributed by atoms with Gasteiger partial charge in [-0.1, -0.05) is 0 Å². The first-order chi connectivity index (χ1) is 10.4. The molecular weight excluding hydrogens is 332 g/mol. The molecule has 1 amide bonds. The van der Waals surface area contributed by atoms with E-state index in [1.54, 1.807) is 0 Å². The minimum Gasteiger partial charge on any atom is -0.388 e. The van der Waals surface area contributed by atoms with E-state index in [1.165, 1.54) is 7.05 Å². The number of benzene rings is 1. The molecule has 0 aliphatic heterocycles. The molecule has 0 aromatic heterocycles. The molecule has 0 aliphatic carbocycles. The van der Waals surface area contributed by atoms with Crippen molar-refractivity contribution in [3.8, 4) is 0 Å². The van der Waals surface area contributed by atoms with Gasteiger partial charge >= 0.3 is 12.4 Å². The lowest BCUT2D eigenvalue weighted by Gasteiger charge is -2.19. The van der Waals surface area contributed by atoms with E-state index >= 15 is 0 Å². The van der Waals surface area contributed by atoms with Gasteiger partial charge in [0, 0.05) is 7.05 Å². The van der Waals surface area contributed by atoms with Gasteiger partial charge < -0.3 is 5.11 Å². The molecule has 1 N–H and O–H groups in total. The molecule has 4 nitrogen and oxygen atoms in total. The molecule has 23 heavy (non-hydrogen) atoms. The minimum atomic E-state index is -5.02. The molecule has 1 atom stereocenters. The van der Waals surface area contributed by atoms with Gasteiger partial charge in [-0.05, 0) is 23.8 Å². The van der Waals surface area contributed by atoms with Crippen LogP contribution in [0.15, 0.2) is 18.2 Å². The predicted molar refractivity (Wildman–Crippen MR) is 65.8 cm³/mol. The van der Waals surface area contributed by atoms with Gasteiger partial charge in [0.2, 0.25) is 5.91 Å².